The number of allylic oxidation sites excluding steroid dienone is 1. The molecule has 0 radical (unpaired) electrons. The molecule has 0 unspecified atom stereocenters. The summed E-state index contributed by atoms with van der Waals surface area (Å²) < 4.78 is 1.67. The summed E-state index contributed by atoms with van der Waals surface area (Å²) in [6.07, 6.45) is 2.42. The molecular weight excluding hydrogens is 354 g/mol. The topological polar surface area (TPSA) is 98.3 Å². The van der Waals surface area contributed by atoms with E-state index in [1.165, 1.54) is 23.5 Å². The van der Waals surface area contributed by atoms with Gasteiger partial charge in [0, 0.05) is 17.5 Å². The van der Waals surface area contributed by atoms with E-state index in [4.69, 9.17) is 0 Å². The van der Waals surface area contributed by atoms with E-state index in [1.54, 1.807) is 16.7 Å². The number of thiophene rings is 1. The van der Waals surface area contributed by atoms with E-state index in [2.05, 4.69) is 4.98 Å². The fraction of sp³-hybridized carbons (Fsp3) is 0.222. The summed E-state index contributed by atoms with van der Waals surface area (Å²) in [5.74, 6) is 0.240. The van der Waals surface area contributed by atoms with Gasteiger partial charge in [-0.05, 0) is 49.1 Å². The lowest BCUT2D eigenvalue weighted by molar-refractivity contribution is -0.385. The monoisotopic (exact) mass is 369 g/mol. The Bertz CT molecular complexity index is 1170. The number of nitrogens with zero attached hydrogens (tertiary/aromatic N) is 3. The molecule has 2 aromatic heterocycles. The zero-order valence-corrected chi connectivity index (χ0v) is 15.0. The molecule has 1 N–H and O–H groups in total. The van der Waals surface area contributed by atoms with Gasteiger partial charge in [-0.25, -0.2) is 4.98 Å². The number of phenolic OH excluding ortho intramolecular Hbond substituents is 1. The molecule has 0 saturated heterocycles. The first-order chi connectivity index (χ1) is 12.4. The molecule has 26 heavy (non-hydrogen) atoms. The Morgan fingerprint density at radius 1 is 1.38 bits per heavy atom. The third-order valence-corrected chi connectivity index (χ3v) is 5.82. The van der Waals surface area contributed by atoms with Gasteiger partial charge in [-0.2, -0.15) is 0 Å². The highest BCUT2D eigenvalue weighted by Gasteiger charge is 2.23. The van der Waals surface area contributed by atoms with Gasteiger partial charge >= 0.3 is 5.69 Å². The van der Waals surface area contributed by atoms with E-state index in [-0.39, 0.29) is 17.0 Å². The van der Waals surface area contributed by atoms with E-state index < -0.39 is 4.92 Å². The van der Waals surface area contributed by atoms with Crippen molar-refractivity contribution >= 4 is 38.9 Å². The van der Waals surface area contributed by atoms with Crippen LogP contribution in [-0.4, -0.2) is 19.6 Å². The molecule has 1 aliphatic rings. The molecule has 0 amide bonds. The normalized spacial score (nSPS) is 14.9. The lowest BCUT2D eigenvalue weighted by Crippen LogP contribution is -2.20. The Kier molecular flexibility index (Phi) is 3.66. The molecule has 0 saturated carbocycles. The minimum absolute atomic E-state index is 0.0352. The van der Waals surface area contributed by atoms with Gasteiger partial charge in [0.15, 0.2) is 5.75 Å². The van der Waals surface area contributed by atoms with Crippen molar-refractivity contribution in [3.8, 4) is 5.75 Å². The molecule has 7 nitrogen and oxygen atoms in total. The number of benzene rings is 1. The summed E-state index contributed by atoms with van der Waals surface area (Å²) in [6.45, 7) is 4.45. The van der Waals surface area contributed by atoms with Crippen molar-refractivity contribution < 1.29 is 10.0 Å². The van der Waals surface area contributed by atoms with Gasteiger partial charge < -0.3 is 5.11 Å². The first-order valence-corrected chi connectivity index (χ1v) is 8.87. The van der Waals surface area contributed by atoms with Crippen molar-refractivity contribution in [1.29, 1.82) is 0 Å². The van der Waals surface area contributed by atoms with Crippen LogP contribution < -0.4 is 5.56 Å². The van der Waals surface area contributed by atoms with Gasteiger partial charge in [0.25, 0.3) is 5.56 Å². The minimum Gasteiger partial charge on any atom is -0.502 e. The molecule has 0 spiro atoms. The highest BCUT2D eigenvalue weighted by atomic mass is 32.1. The van der Waals surface area contributed by atoms with Crippen molar-refractivity contribution in [3.05, 3.63) is 60.5 Å². The Morgan fingerprint density at radius 3 is 2.88 bits per heavy atom. The number of rotatable bonds is 2. The number of hydrogen-bond donors (Lipinski definition) is 1. The minimum atomic E-state index is -0.622. The SMILES string of the molecule is Cc1sc2nc3n(c(=O)c2c1C)CC/C3=C\c1ccc(O)c([N+](=O)[O-])c1. The van der Waals surface area contributed by atoms with Crippen molar-refractivity contribution in [1.82, 2.24) is 9.55 Å². The molecule has 3 heterocycles. The predicted octanol–water partition coefficient (Wildman–Crippen LogP) is 3.63. The number of fused-ring (bicyclic) bond motifs is 2. The van der Waals surface area contributed by atoms with E-state index >= 15 is 0 Å². The summed E-state index contributed by atoms with van der Waals surface area (Å²) in [4.78, 5) is 29.7. The largest absolute Gasteiger partial charge is 0.502 e. The van der Waals surface area contributed by atoms with Crippen molar-refractivity contribution in [2.45, 2.75) is 26.8 Å². The molecule has 1 aliphatic heterocycles. The van der Waals surface area contributed by atoms with Crippen LogP contribution in [0, 0.1) is 24.0 Å². The predicted molar refractivity (Wildman–Crippen MR) is 101 cm³/mol. The van der Waals surface area contributed by atoms with Crippen LogP contribution in [0.5, 0.6) is 5.75 Å². The van der Waals surface area contributed by atoms with Gasteiger partial charge in [-0.3, -0.25) is 19.5 Å². The number of aromatic nitrogens is 2. The number of phenols is 1. The number of aromatic hydroxyl groups is 1. The first-order valence-electron chi connectivity index (χ1n) is 8.05. The number of aryl methyl sites for hydroxylation is 2. The molecule has 0 bridgehead atoms. The standard InChI is InChI=1S/C18H15N3O4S/c1-9-10(2)26-17-15(9)18(23)20-6-5-12(16(20)19-17)7-11-3-4-14(22)13(8-11)21(24)25/h3-4,7-8,22H,5-6H2,1-2H3/b12-7+. The maximum absolute atomic E-state index is 12.8. The summed E-state index contributed by atoms with van der Waals surface area (Å²) in [5, 5.41) is 21.3. The fourth-order valence-electron chi connectivity index (χ4n) is 3.24. The van der Waals surface area contributed by atoms with E-state index in [1.807, 2.05) is 13.8 Å². The average molecular weight is 369 g/mol. The van der Waals surface area contributed by atoms with Crippen LogP contribution in [0.4, 0.5) is 5.69 Å². The second kappa shape index (κ2) is 5.77. The Labute approximate surface area is 152 Å². The molecular formula is C18H15N3O4S. The highest BCUT2D eigenvalue weighted by Crippen LogP contribution is 2.33. The van der Waals surface area contributed by atoms with Crippen LogP contribution in [-0.2, 0) is 6.54 Å². The van der Waals surface area contributed by atoms with Gasteiger partial charge in [-0.1, -0.05) is 6.07 Å². The smallest absolute Gasteiger partial charge is 0.311 e. The van der Waals surface area contributed by atoms with Crippen LogP contribution >= 0.6 is 11.3 Å². The third-order valence-electron chi connectivity index (χ3n) is 4.72. The molecule has 0 fully saturated rings. The third kappa shape index (κ3) is 2.41. The average Bonchev–Trinajstić information content (AvgIpc) is 3.11. The van der Waals surface area contributed by atoms with Crippen molar-refractivity contribution in [3.63, 3.8) is 0 Å². The van der Waals surface area contributed by atoms with Gasteiger partial charge in [0.05, 0.1) is 10.3 Å². The summed E-state index contributed by atoms with van der Waals surface area (Å²) in [5.41, 5.74) is 2.04. The van der Waals surface area contributed by atoms with E-state index in [0.29, 0.717) is 29.7 Å². The maximum Gasteiger partial charge on any atom is 0.311 e. The molecule has 3 aromatic rings. The van der Waals surface area contributed by atoms with Crippen LogP contribution in [0.15, 0.2) is 23.0 Å². The van der Waals surface area contributed by atoms with E-state index in [0.717, 1.165) is 20.8 Å². The Hall–Kier alpha value is -3.00. The number of nitro benzene ring substituents is 1. The summed E-state index contributed by atoms with van der Waals surface area (Å²) in [6, 6.07) is 4.23. The van der Waals surface area contributed by atoms with Crippen LogP contribution in [0.2, 0.25) is 0 Å². The summed E-state index contributed by atoms with van der Waals surface area (Å²) in [7, 11) is 0. The molecule has 132 valence electrons. The Morgan fingerprint density at radius 2 is 2.15 bits per heavy atom. The lowest BCUT2D eigenvalue weighted by Gasteiger charge is -2.04. The van der Waals surface area contributed by atoms with Crippen molar-refractivity contribution in [2.24, 2.45) is 0 Å². The molecule has 0 atom stereocenters. The number of nitro groups is 1. The Balaban J connectivity index is 1.87. The van der Waals surface area contributed by atoms with Gasteiger partial charge in [-0.15, -0.1) is 11.3 Å². The van der Waals surface area contributed by atoms with Crippen LogP contribution in [0.3, 0.4) is 0 Å². The quantitative estimate of drug-likeness (QED) is 0.549. The zero-order valence-electron chi connectivity index (χ0n) is 14.1. The van der Waals surface area contributed by atoms with Crippen molar-refractivity contribution in [2.75, 3.05) is 0 Å². The second-order valence-electron chi connectivity index (χ2n) is 6.28. The summed E-state index contributed by atoms with van der Waals surface area (Å²) >= 11 is 1.50. The lowest BCUT2D eigenvalue weighted by atomic mass is 10.1. The zero-order chi connectivity index (χ0) is 18.6. The van der Waals surface area contributed by atoms with Crippen LogP contribution in [0.1, 0.15) is 28.2 Å². The fourth-order valence-corrected chi connectivity index (χ4v) is 4.26. The van der Waals surface area contributed by atoms with Crippen LogP contribution in [0.25, 0.3) is 21.9 Å². The maximum atomic E-state index is 12.8. The number of hydrogen-bond acceptors (Lipinski definition) is 6. The second-order valence-corrected chi connectivity index (χ2v) is 7.48. The molecule has 1 aromatic carbocycles. The molecule has 8 heteroatoms. The highest BCUT2D eigenvalue weighted by molar-refractivity contribution is 7.18. The molecule has 0 aliphatic carbocycles. The molecule has 4 rings (SSSR count). The van der Waals surface area contributed by atoms with Gasteiger partial charge in [0.1, 0.15) is 10.7 Å². The van der Waals surface area contributed by atoms with E-state index in [9.17, 15) is 20.0 Å². The first kappa shape index (κ1) is 16.5. The van der Waals surface area contributed by atoms with Gasteiger partial charge in [0.2, 0.25) is 0 Å².